The van der Waals surface area contributed by atoms with Gasteiger partial charge in [-0.05, 0) is 49.8 Å². The van der Waals surface area contributed by atoms with Gasteiger partial charge < -0.3 is 20.1 Å². The number of rotatable bonds is 8. The van der Waals surface area contributed by atoms with Crippen molar-refractivity contribution in [3.8, 4) is 11.8 Å². The normalized spacial score (nSPS) is 17.5. The number of nitriles is 1. The molecule has 1 heterocycles. The summed E-state index contributed by atoms with van der Waals surface area (Å²) in [5, 5.41) is 21.4. The monoisotopic (exact) mass is 357 g/mol. The van der Waals surface area contributed by atoms with Gasteiger partial charge in [0.15, 0.2) is 0 Å². The highest BCUT2D eigenvalue weighted by Crippen LogP contribution is 2.20. The Morgan fingerprint density at radius 3 is 2.85 bits per heavy atom. The van der Waals surface area contributed by atoms with Crippen LogP contribution in [0.2, 0.25) is 0 Å². The van der Waals surface area contributed by atoms with Crippen molar-refractivity contribution in [3.05, 3.63) is 41.6 Å². The standard InChI is InChI=1S/C20H27N3O3/c1-26-19-7-5-16(6-8-19)9-11-22-20(25)17(14-21)15-23-12-3-2-4-18(23)10-13-24/h5-8,15,18,24H,2-4,9-13H2,1H3,(H,22,25)/b17-15-. The molecule has 26 heavy (non-hydrogen) atoms. The van der Waals surface area contributed by atoms with Crippen LogP contribution in [0.1, 0.15) is 31.2 Å². The van der Waals surface area contributed by atoms with Gasteiger partial charge in [-0.15, -0.1) is 0 Å². The maximum atomic E-state index is 12.3. The first-order chi connectivity index (χ1) is 12.7. The minimum Gasteiger partial charge on any atom is -0.497 e. The second-order valence-electron chi connectivity index (χ2n) is 6.41. The van der Waals surface area contributed by atoms with Gasteiger partial charge in [-0.3, -0.25) is 4.79 Å². The molecule has 0 aromatic heterocycles. The molecule has 0 radical (unpaired) electrons. The molecule has 0 saturated carbocycles. The molecule has 6 heteroatoms. The minimum absolute atomic E-state index is 0.115. The molecule has 0 aliphatic carbocycles. The molecule has 1 amide bonds. The van der Waals surface area contributed by atoms with Gasteiger partial charge in [-0.2, -0.15) is 5.26 Å². The molecule has 1 aliphatic rings. The van der Waals surface area contributed by atoms with Crippen LogP contribution in [0, 0.1) is 11.3 Å². The van der Waals surface area contributed by atoms with Gasteiger partial charge in [0.05, 0.1) is 7.11 Å². The molecule has 1 aromatic rings. The smallest absolute Gasteiger partial charge is 0.263 e. The SMILES string of the molecule is COc1ccc(CCNC(=O)/C(C#N)=C\N2CCCCC2CCO)cc1. The molecule has 2 N–H and O–H groups in total. The zero-order chi connectivity index (χ0) is 18.8. The summed E-state index contributed by atoms with van der Waals surface area (Å²) in [6.07, 6.45) is 6.14. The van der Waals surface area contributed by atoms with Crippen molar-refractivity contribution in [3.63, 3.8) is 0 Å². The van der Waals surface area contributed by atoms with E-state index in [1.165, 1.54) is 0 Å². The fourth-order valence-corrected chi connectivity index (χ4v) is 3.16. The number of methoxy groups -OCH3 is 1. The zero-order valence-electron chi connectivity index (χ0n) is 15.3. The molecule has 6 nitrogen and oxygen atoms in total. The Morgan fingerprint density at radius 1 is 1.42 bits per heavy atom. The lowest BCUT2D eigenvalue weighted by molar-refractivity contribution is -0.117. The quantitative estimate of drug-likeness (QED) is 0.549. The predicted molar refractivity (Wildman–Crippen MR) is 99.5 cm³/mol. The van der Waals surface area contributed by atoms with Crippen LogP contribution < -0.4 is 10.1 Å². The number of aliphatic hydroxyl groups excluding tert-OH is 1. The van der Waals surface area contributed by atoms with Gasteiger partial charge >= 0.3 is 0 Å². The summed E-state index contributed by atoms with van der Waals surface area (Å²) in [7, 11) is 1.62. The van der Waals surface area contributed by atoms with E-state index >= 15 is 0 Å². The number of hydrogen-bond acceptors (Lipinski definition) is 5. The number of amides is 1. The highest BCUT2D eigenvalue weighted by Gasteiger charge is 2.21. The number of aliphatic hydroxyl groups is 1. The minimum atomic E-state index is -0.352. The zero-order valence-corrected chi connectivity index (χ0v) is 15.3. The molecule has 140 valence electrons. The van der Waals surface area contributed by atoms with E-state index in [1.54, 1.807) is 13.3 Å². The van der Waals surface area contributed by atoms with E-state index in [0.717, 1.165) is 37.1 Å². The number of carbonyl (C=O) groups excluding carboxylic acids is 1. The first-order valence-electron chi connectivity index (χ1n) is 9.07. The van der Waals surface area contributed by atoms with E-state index in [-0.39, 0.29) is 24.1 Å². The highest BCUT2D eigenvalue weighted by molar-refractivity contribution is 5.97. The summed E-state index contributed by atoms with van der Waals surface area (Å²) in [5.74, 6) is 0.445. The van der Waals surface area contributed by atoms with Gasteiger partial charge in [0, 0.05) is 31.9 Å². The lowest BCUT2D eigenvalue weighted by Crippen LogP contribution is -2.37. The average molecular weight is 357 g/mol. The number of likely N-dealkylation sites (tertiary alicyclic amines) is 1. The second kappa shape index (κ2) is 10.5. The second-order valence-corrected chi connectivity index (χ2v) is 6.41. The summed E-state index contributed by atoms with van der Waals surface area (Å²) < 4.78 is 5.12. The maximum absolute atomic E-state index is 12.3. The number of nitrogens with one attached hydrogen (secondary N) is 1. The number of piperidine rings is 1. The van der Waals surface area contributed by atoms with E-state index in [4.69, 9.17) is 4.74 Å². The van der Waals surface area contributed by atoms with E-state index in [9.17, 15) is 15.2 Å². The van der Waals surface area contributed by atoms with Crippen LogP contribution in [0.4, 0.5) is 0 Å². The van der Waals surface area contributed by atoms with Gasteiger partial charge in [0.1, 0.15) is 17.4 Å². The number of nitrogens with zero attached hydrogens (tertiary/aromatic N) is 2. The molecule has 1 aliphatic heterocycles. The van der Waals surface area contributed by atoms with Crippen LogP contribution in [0.25, 0.3) is 0 Å². The third-order valence-corrected chi connectivity index (χ3v) is 4.65. The molecule has 0 bridgehead atoms. The van der Waals surface area contributed by atoms with Crippen LogP contribution in [0.5, 0.6) is 5.75 Å². The van der Waals surface area contributed by atoms with Crippen molar-refractivity contribution >= 4 is 5.91 Å². The summed E-state index contributed by atoms with van der Waals surface area (Å²) in [6.45, 7) is 1.39. The van der Waals surface area contributed by atoms with Crippen LogP contribution in [-0.4, -0.2) is 48.8 Å². The Balaban J connectivity index is 1.89. The molecule has 1 unspecified atom stereocenters. The number of carbonyl (C=O) groups is 1. The Kier molecular flexibility index (Phi) is 7.97. The van der Waals surface area contributed by atoms with Gasteiger partial charge in [-0.25, -0.2) is 0 Å². The van der Waals surface area contributed by atoms with Crippen molar-refractivity contribution in [2.24, 2.45) is 0 Å². The van der Waals surface area contributed by atoms with Crippen molar-refractivity contribution in [1.82, 2.24) is 10.2 Å². The van der Waals surface area contributed by atoms with Crippen molar-refractivity contribution < 1.29 is 14.6 Å². The van der Waals surface area contributed by atoms with Gasteiger partial charge in [0.2, 0.25) is 0 Å². The Hall–Kier alpha value is -2.52. The summed E-state index contributed by atoms with van der Waals surface area (Å²) in [5.41, 5.74) is 1.21. The number of benzene rings is 1. The molecule has 1 aromatic carbocycles. The lowest BCUT2D eigenvalue weighted by Gasteiger charge is -2.34. The number of ether oxygens (including phenoxy) is 1. The predicted octanol–water partition coefficient (Wildman–Crippen LogP) is 2.00. The lowest BCUT2D eigenvalue weighted by atomic mass is 10.00. The van der Waals surface area contributed by atoms with E-state index < -0.39 is 0 Å². The fourth-order valence-electron chi connectivity index (χ4n) is 3.16. The maximum Gasteiger partial charge on any atom is 0.263 e. The van der Waals surface area contributed by atoms with Crippen molar-refractivity contribution in [2.75, 3.05) is 26.8 Å². The third-order valence-electron chi connectivity index (χ3n) is 4.65. The molecular formula is C20H27N3O3. The van der Waals surface area contributed by atoms with Gasteiger partial charge in [0.25, 0.3) is 5.91 Å². The molecule has 1 atom stereocenters. The Bertz CT molecular complexity index is 647. The van der Waals surface area contributed by atoms with Gasteiger partial charge in [-0.1, -0.05) is 12.1 Å². The molecule has 1 saturated heterocycles. The van der Waals surface area contributed by atoms with Crippen LogP contribution in [0.15, 0.2) is 36.0 Å². The largest absolute Gasteiger partial charge is 0.497 e. The molecule has 2 rings (SSSR count). The van der Waals surface area contributed by atoms with Crippen LogP contribution in [-0.2, 0) is 11.2 Å². The van der Waals surface area contributed by atoms with E-state index in [1.807, 2.05) is 35.2 Å². The number of hydrogen-bond donors (Lipinski definition) is 2. The van der Waals surface area contributed by atoms with Crippen LogP contribution in [0.3, 0.4) is 0 Å². The van der Waals surface area contributed by atoms with Crippen molar-refractivity contribution in [1.29, 1.82) is 5.26 Å². The molecule has 0 spiro atoms. The van der Waals surface area contributed by atoms with E-state index in [2.05, 4.69) is 5.32 Å². The molecular weight excluding hydrogens is 330 g/mol. The first kappa shape index (κ1) is 19.8. The van der Waals surface area contributed by atoms with E-state index in [0.29, 0.717) is 19.4 Å². The summed E-state index contributed by atoms with van der Waals surface area (Å²) in [6, 6.07) is 9.89. The summed E-state index contributed by atoms with van der Waals surface area (Å²) >= 11 is 0. The average Bonchev–Trinajstić information content (AvgIpc) is 2.68. The fraction of sp³-hybridized carbons (Fsp3) is 0.500. The summed E-state index contributed by atoms with van der Waals surface area (Å²) in [4.78, 5) is 14.3. The molecule has 1 fully saturated rings. The van der Waals surface area contributed by atoms with Crippen molar-refractivity contribution in [2.45, 2.75) is 38.1 Å². The first-order valence-corrected chi connectivity index (χ1v) is 9.07. The Labute approximate surface area is 155 Å². The topological polar surface area (TPSA) is 85.6 Å². The Morgan fingerprint density at radius 2 is 2.19 bits per heavy atom. The van der Waals surface area contributed by atoms with Crippen LogP contribution >= 0.6 is 0 Å². The highest BCUT2D eigenvalue weighted by atomic mass is 16.5. The third kappa shape index (κ3) is 5.78.